The normalized spacial score (nSPS) is 10.9. The summed E-state index contributed by atoms with van der Waals surface area (Å²) in [7, 11) is 1.65. The van der Waals surface area contributed by atoms with Crippen LogP contribution in [-0.4, -0.2) is 26.8 Å². The molecule has 0 heterocycles. The smallest absolute Gasteiger partial charge is 0.143 e. The Morgan fingerprint density at radius 2 is 2.00 bits per heavy atom. The molecule has 1 aromatic rings. The van der Waals surface area contributed by atoms with Gasteiger partial charge in [-0.2, -0.15) is 0 Å². The van der Waals surface area contributed by atoms with Crippen LogP contribution in [0, 0.1) is 11.6 Å². The molecule has 1 rings (SSSR count). The van der Waals surface area contributed by atoms with E-state index < -0.39 is 11.6 Å². The van der Waals surface area contributed by atoms with Crippen molar-refractivity contribution < 1.29 is 13.5 Å². The topological polar surface area (TPSA) is 21.3 Å². The third kappa shape index (κ3) is 5.00. The highest BCUT2D eigenvalue weighted by molar-refractivity contribution is 9.10. The number of hydrogen-bond donors (Lipinski definition) is 1. The summed E-state index contributed by atoms with van der Waals surface area (Å²) < 4.78 is 32.2. The zero-order chi connectivity index (χ0) is 13.4. The van der Waals surface area contributed by atoms with Gasteiger partial charge < -0.3 is 10.1 Å². The van der Waals surface area contributed by atoms with Crippen LogP contribution in [0.15, 0.2) is 16.6 Å². The number of methoxy groups -OCH3 is 1. The molecular formula is C13H18BrF2NO. The van der Waals surface area contributed by atoms with E-state index >= 15 is 0 Å². The zero-order valence-electron chi connectivity index (χ0n) is 10.4. The molecule has 0 spiro atoms. The lowest BCUT2D eigenvalue weighted by atomic mass is 10.1. The van der Waals surface area contributed by atoms with Crippen molar-refractivity contribution in [3.05, 3.63) is 33.8 Å². The Balaban J connectivity index is 2.29. The fourth-order valence-electron chi connectivity index (χ4n) is 1.65. The molecule has 0 unspecified atom stereocenters. The molecule has 0 radical (unpaired) electrons. The largest absolute Gasteiger partial charge is 0.383 e. The molecule has 5 heteroatoms. The van der Waals surface area contributed by atoms with Crippen molar-refractivity contribution in [1.29, 1.82) is 0 Å². The summed E-state index contributed by atoms with van der Waals surface area (Å²) in [5.74, 6) is -0.953. The number of ether oxygens (including phenoxy) is 1. The fraction of sp³-hybridized carbons (Fsp3) is 0.538. The molecule has 102 valence electrons. The van der Waals surface area contributed by atoms with E-state index in [1.165, 1.54) is 12.1 Å². The van der Waals surface area contributed by atoms with Crippen LogP contribution in [-0.2, 0) is 11.2 Å². The summed E-state index contributed by atoms with van der Waals surface area (Å²) in [6.45, 7) is 2.31. The van der Waals surface area contributed by atoms with Crippen LogP contribution in [0.3, 0.4) is 0 Å². The second kappa shape index (κ2) is 8.56. The minimum absolute atomic E-state index is 0.168. The predicted octanol–water partition coefficient (Wildman–Crippen LogP) is 3.29. The Kier molecular flexibility index (Phi) is 7.39. The van der Waals surface area contributed by atoms with E-state index in [1.807, 2.05) is 0 Å². The van der Waals surface area contributed by atoms with Gasteiger partial charge in [0.15, 0.2) is 0 Å². The monoisotopic (exact) mass is 321 g/mol. The van der Waals surface area contributed by atoms with Crippen LogP contribution >= 0.6 is 15.9 Å². The molecule has 0 saturated carbocycles. The maximum absolute atomic E-state index is 13.6. The van der Waals surface area contributed by atoms with Crippen LogP contribution in [0.4, 0.5) is 8.78 Å². The van der Waals surface area contributed by atoms with Gasteiger partial charge in [0.1, 0.15) is 11.6 Å². The molecule has 0 bridgehead atoms. The second-order valence-electron chi connectivity index (χ2n) is 4.02. The first-order valence-electron chi connectivity index (χ1n) is 5.99. The van der Waals surface area contributed by atoms with E-state index in [2.05, 4.69) is 21.2 Å². The Bertz CT molecular complexity index is 374. The molecule has 0 amide bonds. The van der Waals surface area contributed by atoms with E-state index in [0.717, 1.165) is 25.9 Å². The Labute approximate surface area is 115 Å². The number of hydrogen-bond acceptors (Lipinski definition) is 2. The molecule has 1 N–H and O–H groups in total. The van der Waals surface area contributed by atoms with Crippen LogP contribution in [0.25, 0.3) is 0 Å². The molecule has 0 aliphatic heterocycles. The van der Waals surface area contributed by atoms with Gasteiger partial charge in [-0.15, -0.1) is 0 Å². The van der Waals surface area contributed by atoms with Gasteiger partial charge in [0.05, 0.1) is 11.1 Å². The van der Waals surface area contributed by atoms with Crippen molar-refractivity contribution in [1.82, 2.24) is 5.32 Å². The lowest BCUT2D eigenvalue weighted by molar-refractivity contribution is 0.199. The third-order valence-electron chi connectivity index (χ3n) is 2.65. The molecule has 0 fully saturated rings. The Morgan fingerprint density at radius 3 is 2.72 bits per heavy atom. The first-order chi connectivity index (χ1) is 8.66. The van der Waals surface area contributed by atoms with Gasteiger partial charge in [0, 0.05) is 19.2 Å². The van der Waals surface area contributed by atoms with Crippen LogP contribution in [0.1, 0.15) is 18.4 Å². The average Bonchev–Trinajstić information content (AvgIpc) is 2.36. The van der Waals surface area contributed by atoms with Crippen LogP contribution in [0.5, 0.6) is 0 Å². The van der Waals surface area contributed by atoms with Gasteiger partial charge in [-0.25, -0.2) is 8.78 Å². The van der Waals surface area contributed by atoms with E-state index in [0.29, 0.717) is 17.5 Å². The first kappa shape index (κ1) is 15.5. The lowest BCUT2D eigenvalue weighted by Gasteiger charge is -2.07. The summed E-state index contributed by atoms with van der Waals surface area (Å²) in [6, 6.07) is 2.68. The molecule has 0 saturated heterocycles. The standard InChI is InChI=1S/C13H18BrF2NO/c1-18-9-8-17-7-3-2-4-10-12(15)6-5-11(14)13(10)16/h5-6,17H,2-4,7-9H2,1H3. The van der Waals surface area contributed by atoms with Crippen molar-refractivity contribution in [3.63, 3.8) is 0 Å². The van der Waals surface area contributed by atoms with Crippen molar-refractivity contribution in [2.24, 2.45) is 0 Å². The number of benzene rings is 1. The molecule has 0 aliphatic rings. The molecular weight excluding hydrogens is 304 g/mol. The van der Waals surface area contributed by atoms with Crippen molar-refractivity contribution >= 4 is 15.9 Å². The van der Waals surface area contributed by atoms with Gasteiger partial charge in [-0.05, 0) is 53.9 Å². The van der Waals surface area contributed by atoms with Crippen molar-refractivity contribution in [3.8, 4) is 0 Å². The lowest BCUT2D eigenvalue weighted by Crippen LogP contribution is -2.20. The van der Waals surface area contributed by atoms with Gasteiger partial charge in [-0.1, -0.05) is 0 Å². The number of rotatable bonds is 8. The van der Waals surface area contributed by atoms with E-state index in [4.69, 9.17) is 4.74 Å². The molecule has 1 aromatic carbocycles. The zero-order valence-corrected chi connectivity index (χ0v) is 12.0. The third-order valence-corrected chi connectivity index (χ3v) is 3.26. The molecule has 2 nitrogen and oxygen atoms in total. The maximum Gasteiger partial charge on any atom is 0.143 e. The van der Waals surface area contributed by atoms with Gasteiger partial charge >= 0.3 is 0 Å². The number of halogens is 3. The highest BCUT2D eigenvalue weighted by Gasteiger charge is 2.11. The molecule has 0 atom stereocenters. The molecule has 0 aliphatic carbocycles. The summed E-state index contributed by atoms with van der Waals surface area (Å²) in [6.07, 6.45) is 2.06. The Morgan fingerprint density at radius 1 is 1.22 bits per heavy atom. The average molecular weight is 322 g/mol. The van der Waals surface area contributed by atoms with Crippen molar-refractivity contribution in [2.45, 2.75) is 19.3 Å². The van der Waals surface area contributed by atoms with Gasteiger partial charge in [0.2, 0.25) is 0 Å². The highest BCUT2D eigenvalue weighted by Crippen LogP contribution is 2.22. The maximum atomic E-state index is 13.6. The molecule has 18 heavy (non-hydrogen) atoms. The van der Waals surface area contributed by atoms with Crippen LogP contribution in [0.2, 0.25) is 0 Å². The Hall–Kier alpha value is -0.520. The number of nitrogens with one attached hydrogen (secondary N) is 1. The van der Waals surface area contributed by atoms with Crippen molar-refractivity contribution in [2.75, 3.05) is 26.8 Å². The second-order valence-corrected chi connectivity index (χ2v) is 4.88. The summed E-state index contributed by atoms with van der Waals surface area (Å²) in [4.78, 5) is 0. The minimum atomic E-state index is -0.484. The van der Waals surface area contributed by atoms with E-state index in [9.17, 15) is 8.78 Å². The van der Waals surface area contributed by atoms with E-state index in [1.54, 1.807) is 7.11 Å². The van der Waals surface area contributed by atoms with Crippen LogP contribution < -0.4 is 5.32 Å². The number of unbranched alkanes of at least 4 members (excludes halogenated alkanes) is 1. The van der Waals surface area contributed by atoms with Gasteiger partial charge in [0.25, 0.3) is 0 Å². The van der Waals surface area contributed by atoms with E-state index in [-0.39, 0.29) is 5.56 Å². The molecule has 0 aromatic heterocycles. The summed E-state index contributed by atoms with van der Waals surface area (Å²) in [5, 5.41) is 3.19. The summed E-state index contributed by atoms with van der Waals surface area (Å²) >= 11 is 3.06. The fourth-order valence-corrected chi connectivity index (χ4v) is 2.02. The predicted molar refractivity (Wildman–Crippen MR) is 71.7 cm³/mol. The quantitative estimate of drug-likeness (QED) is 0.586. The highest BCUT2D eigenvalue weighted by atomic mass is 79.9. The first-order valence-corrected chi connectivity index (χ1v) is 6.78. The summed E-state index contributed by atoms with van der Waals surface area (Å²) in [5.41, 5.74) is 0.168. The minimum Gasteiger partial charge on any atom is -0.383 e. The SMILES string of the molecule is COCCNCCCCc1c(F)ccc(Br)c1F. The van der Waals surface area contributed by atoms with Gasteiger partial charge in [-0.3, -0.25) is 0 Å².